The van der Waals surface area contributed by atoms with E-state index in [4.69, 9.17) is 41.9 Å². The Kier molecular flexibility index (Phi) is 18.2. The van der Waals surface area contributed by atoms with Crippen LogP contribution in [0.5, 0.6) is 0 Å². The van der Waals surface area contributed by atoms with Crippen molar-refractivity contribution in [1.82, 2.24) is 0 Å². The smallest absolute Gasteiger partial charge is 0.255 e. The van der Waals surface area contributed by atoms with E-state index in [2.05, 4.69) is 16.0 Å². The molecule has 59 heavy (non-hydrogen) atoms. The minimum absolute atomic E-state index is 0.00725. The number of nitrogens with two attached hydrogens (primary N) is 1. The first kappa shape index (κ1) is 44.8. The molecule has 0 radical (unpaired) electrons. The van der Waals surface area contributed by atoms with Gasteiger partial charge in [-0.15, -0.1) is 0 Å². The number of anilines is 4. The molecule has 3 amide bonds. The van der Waals surface area contributed by atoms with Crippen LogP contribution in [0.4, 0.5) is 22.7 Å². The number of carbonyl (C=O) groups is 7. The highest BCUT2D eigenvalue weighted by Gasteiger charge is 2.18. The fourth-order valence-corrected chi connectivity index (χ4v) is 4.94. The SMILES string of the molecule is Nc1ccccc1.O=C(Cl)c1cc(C(=O)Cl)cc(C(=O)Cl)c1.O=C(Nc1ccccc1)c1cc(C(=O)Nc2ccccc2)cc(C(=O)Nc2ccccc2)c1.[2H]CC(C)=O. The summed E-state index contributed by atoms with van der Waals surface area (Å²) >= 11 is 15.6. The zero-order valence-electron chi connectivity index (χ0n) is 32.3. The summed E-state index contributed by atoms with van der Waals surface area (Å²) in [6, 6.07) is 44.4. The van der Waals surface area contributed by atoms with E-state index in [1.807, 2.05) is 48.5 Å². The number of nitrogens with one attached hydrogen (secondary N) is 3. The Bertz CT molecular complexity index is 2170. The Labute approximate surface area is 356 Å². The van der Waals surface area contributed by atoms with Gasteiger partial charge in [-0.05, 0) is 134 Å². The maximum absolute atomic E-state index is 12.9. The lowest BCUT2D eigenvalue weighted by atomic mass is 10.0. The second-order valence-electron chi connectivity index (χ2n) is 12.0. The van der Waals surface area contributed by atoms with Crippen LogP contribution in [0.1, 0.15) is 77.3 Å². The molecular weight excluding hydrogens is 815 g/mol. The number of halogens is 3. The number of hydrogen-bond acceptors (Lipinski definition) is 8. The molecule has 11 nitrogen and oxygen atoms in total. The molecule has 0 fully saturated rings. The molecule has 6 aromatic carbocycles. The average Bonchev–Trinajstić information content (AvgIpc) is 3.25. The van der Waals surface area contributed by atoms with Gasteiger partial charge < -0.3 is 26.5 Å². The lowest BCUT2D eigenvalue weighted by Crippen LogP contribution is -2.19. The minimum Gasteiger partial charge on any atom is -0.399 e. The van der Waals surface area contributed by atoms with E-state index in [-0.39, 0.29) is 46.1 Å². The molecule has 6 aromatic rings. The first-order chi connectivity index (χ1) is 28.7. The predicted molar refractivity (Wildman–Crippen MR) is 234 cm³/mol. The summed E-state index contributed by atoms with van der Waals surface area (Å²) in [7, 11) is 0. The van der Waals surface area contributed by atoms with Crippen molar-refractivity contribution in [3.63, 3.8) is 0 Å². The molecular formula is C45H37Cl3N4O7. The van der Waals surface area contributed by atoms with Gasteiger partial charge in [0.1, 0.15) is 5.78 Å². The molecule has 14 heteroatoms. The van der Waals surface area contributed by atoms with Crippen LogP contribution in [0.2, 0.25) is 0 Å². The molecule has 0 aromatic heterocycles. The Balaban J connectivity index is 0.000000290. The fourth-order valence-electron chi connectivity index (χ4n) is 4.62. The number of amides is 3. The zero-order valence-corrected chi connectivity index (χ0v) is 33.6. The predicted octanol–water partition coefficient (Wildman–Crippen LogP) is 10.1. The highest BCUT2D eigenvalue weighted by atomic mass is 35.5. The third kappa shape index (κ3) is 17.0. The van der Waals surface area contributed by atoms with E-state index >= 15 is 0 Å². The summed E-state index contributed by atoms with van der Waals surface area (Å²) in [5, 5.41) is 5.97. The standard InChI is InChI=1S/C27H21N3O3.C9H3Cl3O3.C6H7N.C3H6O/c31-25(28-22-10-4-1-5-11-22)19-16-20(26(32)29-23-12-6-2-7-13-23)18-21(17-19)27(33)30-24-14-8-3-9-15-24;10-7(13)4-1-5(8(11)14)3-6(2-4)9(12)15;7-6-4-2-1-3-5-6;1-3(2)4/h1-18H,(H,28,31)(H,29,32)(H,30,33);1-3H;1-5H,7H2;1-2H3/i;;;1D. The van der Waals surface area contributed by atoms with E-state index in [0.717, 1.165) is 5.69 Å². The molecule has 0 atom stereocenters. The van der Waals surface area contributed by atoms with Crippen LogP contribution in [0.3, 0.4) is 0 Å². The van der Waals surface area contributed by atoms with E-state index in [1.54, 1.807) is 72.8 Å². The summed E-state index contributed by atoms with van der Waals surface area (Å²) in [5.41, 5.74) is 8.56. The number of rotatable bonds is 9. The van der Waals surface area contributed by atoms with Gasteiger partial charge in [0.05, 0.1) is 0 Å². The van der Waals surface area contributed by atoms with E-state index in [1.165, 1.54) is 43.3 Å². The summed E-state index contributed by atoms with van der Waals surface area (Å²) in [6.45, 7) is 1.31. The molecule has 0 bridgehead atoms. The van der Waals surface area contributed by atoms with E-state index in [0.29, 0.717) is 17.1 Å². The summed E-state index contributed by atoms with van der Waals surface area (Å²) in [5.74, 6) is -1.36. The number of nitrogen functional groups attached to an aromatic ring is 1. The number of para-hydroxylation sites is 4. The van der Waals surface area contributed by atoms with E-state index in [9.17, 15) is 33.6 Å². The second kappa shape index (κ2) is 24.0. The van der Waals surface area contributed by atoms with Crippen molar-refractivity contribution in [2.24, 2.45) is 0 Å². The molecule has 0 aliphatic heterocycles. The van der Waals surface area contributed by atoms with Gasteiger partial charge in [-0.1, -0.05) is 72.8 Å². The van der Waals surface area contributed by atoms with Crippen molar-refractivity contribution in [1.29, 1.82) is 0 Å². The first-order valence-electron chi connectivity index (χ1n) is 18.0. The molecule has 0 aliphatic rings. The van der Waals surface area contributed by atoms with Crippen LogP contribution in [0.15, 0.2) is 158 Å². The Morgan fingerprint density at radius 2 is 0.644 bits per heavy atom. The van der Waals surface area contributed by atoms with Gasteiger partial charge in [0.2, 0.25) is 0 Å². The van der Waals surface area contributed by atoms with Crippen LogP contribution in [-0.2, 0) is 4.79 Å². The molecule has 0 heterocycles. The van der Waals surface area contributed by atoms with Crippen LogP contribution in [0.25, 0.3) is 0 Å². The number of benzene rings is 6. The molecule has 0 saturated heterocycles. The van der Waals surface area contributed by atoms with Gasteiger partial charge >= 0.3 is 0 Å². The van der Waals surface area contributed by atoms with Crippen molar-refractivity contribution in [3.8, 4) is 0 Å². The van der Waals surface area contributed by atoms with Gasteiger partial charge in [0.15, 0.2) is 0 Å². The highest BCUT2D eigenvalue weighted by molar-refractivity contribution is 6.70. The van der Waals surface area contributed by atoms with Crippen molar-refractivity contribution in [2.45, 2.75) is 13.8 Å². The van der Waals surface area contributed by atoms with E-state index < -0.39 is 33.4 Å². The number of ketones is 1. The number of hydrogen-bond donors (Lipinski definition) is 4. The molecule has 0 unspecified atom stereocenters. The van der Waals surface area contributed by atoms with Gasteiger partial charge in [0, 0.05) is 57.5 Å². The maximum atomic E-state index is 12.9. The van der Waals surface area contributed by atoms with Crippen LogP contribution in [0, 0.1) is 0 Å². The van der Waals surface area contributed by atoms with Gasteiger partial charge in [-0.25, -0.2) is 0 Å². The Morgan fingerprint density at radius 3 is 0.831 bits per heavy atom. The van der Waals surface area contributed by atoms with Crippen molar-refractivity contribution >= 4 is 96.8 Å². The quantitative estimate of drug-likeness (QED) is 0.0819. The molecule has 300 valence electrons. The van der Waals surface area contributed by atoms with Crippen LogP contribution in [-0.4, -0.2) is 39.2 Å². The lowest BCUT2D eigenvalue weighted by Gasteiger charge is -2.12. The third-order valence-corrected chi connectivity index (χ3v) is 7.88. The topological polar surface area (TPSA) is 182 Å². The molecule has 0 spiro atoms. The van der Waals surface area contributed by atoms with Crippen molar-refractivity contribution < 1.29 is 34.9 Å². The highest BCUT2D eigenvalue weighted by Crippen LogP contribution is 2.19. The number of Topliss-reactive ketones (excluding diaryl/α,β-unsaturated/α-hetero) is 1. The van der Waals surface area contributed by atoms with Gasteiger partial charge in [-0.3, -0.25) is 28.8 Å². The third-order valence-electron chi connectivity index (χ3n) is 7.23. The van der Waals surface area contributed by atoms with Gasteiger partial charge in [-0.2, -0.15) is 0 Å². The zero-order chi connectivity index (χ0) is 44.0. The lowest BCUT2D eigenvalue weighted by molar-refractivity contribution is -0.115. The van der Waals surface area contributed by atoms with Crippen molar-refractivity contribution in [3.05, 3.63) is 191 Å². The summed E-state index contributed by atoms with van der Waals surface area (Å²) < 4.78 is 6.31. The Hall–Kier alpha value is -6.92. The normalized spacial score (nSPS) is 9.86. The summed E-state index contributed by atoms with van der Waals surface area (Å²) in [4.78, 5) is 80.9. The average molecular weight is 853 g/mol. The Morgan fingerprint density at radius 1 is 0.424 bits per heavy atom. The first-order valence-corrected chi connectivity index (χ1v) is 18.4. The minimum atomic E-state index is -0.797. The van der Waals surface area contributed by atoms with Crippen molar-refractivity contribution in [2.75, 3.05) is 21.7 Å². The molecule has 0 saturated carbocycles. The second-order valence-corrected chi connectivity index (χ2v) is 13.0. The number of carbonyl (C=O) groups excluding carboxylic acids is 7. The monoisotopic (exact) mass is 851 g/mol. The largest absolute Gasteiger partial charge is 0.399 e. The molecule has 0 aliphatic carbocycles. The maximum Gasteiger partial charge on any atom is 0.255 e. The van der Waals surface area contributed by atoms with Crippen LogP contribution >= 0.6 is 34.8 Å². The molecule has 5 N–H and O–H groups in total. The van der Waals surface area contributed by atoms with Gasteiger partial charge in [0.25, 0.3) is 33.4 Å². The molecule has 6 rings (SSSR count). The van der Waals surface area contributed by atoms with Crippen LogP contribution < -0.4 is 21.7 Å². The fraction of sp³-hybridized carbons (Fsp3) is 0.0444. The summed E-state index contributed by atoms with van der Waals surface area (Å²) in [6.07, 6.45) is 0.